The first-order valence-electron chi connectivity index (χ1n) is 9.30. The molecule has 0 fully saturated rings. The molecule has 0 atom stereocenters. The Hall–Kier alpha value is -2.82. The van der Waals surface area contributed by atoms with Gasteiger partial charge in [0.15, 0.2) is 0 Å². The highest BCUT2D eigenvalue weighted by atomic mass is 16.5. The Morgan fingerprint density at radius 1 is 1.00 bits per heavy atom. The molecule has 0 saturated heterocycles. The molecule has 0 spiro atoms. The van der Waals surface area contributed by atoms with Crippen molar-refractivity contribution in [2.45, 2.75) is 33.3 Å². The second-order valence-electron chi connectivity index (χ2n) is 6.54. The van der Waals surface area contributed by atoms with Crippen molar-refractivity contribution in [3.63, 3.8) is 0 Å². The molecule has 27 heavy (non-hydrogen) atoms. The number of hydrogen-bond donors (Lipinski definition) is 0. The number of amides is 2. The lowest BCUT2D eigenvalue weighted by Gasteiger charge is -2.24. The summed E-state index contributed by atoms with van der Waals surface area (Å²) in [5.41, 5.74) is 1.78. The van der Waals surface area contributed by atoms with E-state index in [2.05, 4.69) is 6.92 Å². The van der Waals surface area contributed by atoms with Crippen LogP contribution in [0, 0.1) is 0 Å². The molecule has 0 heterocycles. The van der Waals surface area contributed by atoms with Crippen LogP contribution in [-0.2, 0) is 16.2 Å². The highest BCUT2D eigenvalue weighted by molar-refractivity contribution is 5.97. The van der Waals surface area contributed by atoms with Crippen molar-refractivity contribution in [3.8, 4) is 5.75 Å². The molecule has 2 aromatic carbocycles. The fourth-order valence-corrected chi connectivity index (χ4v) is 2.62. The van der Waals surface area contributed by atoms with Gasteiger partial charge in [0, 0.05) is 26.2 Å². The number of benzene rings is 2. The number of carbonyl (C=O) groups excluding carboxylic acids is 2. The summed E-state index contributed by atoms with van der Waals surface area (Å²) < 4.78 is 5.77. The summed E-state index contributed by atoms with van der Waals surface area (Å²) in [6, 6.07) is 17.2. The maximum atomic E-state index is 12.4. The lowest BCUT2D eigenvalue weighted by Crippen LogP contribution is -2.41. The SMILES string of the molecule is CCCCN(C)C(=O)CN(C(C)=O)c1ccc(OCc2ccccc2)cc1. The smallest absolute Gasteiger partial charge is 0.242 e. The van der Waals surface area contributed by atoms with E-state index >= 15 is 0 Å². The predicted octanol–water partition coefficient (Wildman–Crippen LogP) is 3.88. The molecule has 0 aliphatic heterocycles. The van der Waals surface area contributed by atoms with Crippen LogP contribution in [-0.4, -0.2) is 36.9 Å². The van der Waals surface area contributed by atoms with E-state index in [1.807, 2.05) is 42.5 Å². The van der Waals surface area contributed by atoms with Gasteiger partial charge in [0.1, 0.15) is 18.9 Å². The minimum Gasteiger partial charge on any atom is -0.489 e. The average molecular weight is 368 g/mol. The molecule has 0 aliphatic rings. The summed E-state index contributed by atoms with van der Waals surface area (Å²) in [4.78, 5) is 27.6. The molecule has 0 N–H and O–H groups in total. The molecule has 2 rings (SSSR count). The normalized spacial score (nSPS) is 10.3. The number of hydrogen-bond acceptors (Lipinski definition) is 3. The van der Waals surface area contributed by atoms with Gasteiger partial charge in [0.2, 0.25) is 11.8 Å². The molecule has 5 heteroatoms. The Kier molecular flexibility index (Phi) is 7.86. The summed E-state index contributed by atoms with van der Waals surface area (Å²) in [6.07, 6.45) is 1.98. The first-order valence-corrected chi connectivity index (χ1v) is 9.30. The number of anilines is 1. The molecule has 0 unspecified atom stereocenters. The summed E-state index contributed by atoms with van der Waals surface area (Å²) in [7, 11) is 1.77. The van der Waals surface area contributed by atoms with Crippen LogP contribution in [0.15, 0.2) is 54.6 Å². The van der Waals surface area contributed by atoms with Crippen LogP contribution in [0.3, 0.4) is 0 Å². The topological polar surface area (TPSA) is 49.9 Å². The third-order valence-electron chi connectivity index (χ3n) is 4.34. The maximum Gasteiger partial charge on any atom is 0.242 e. The largest absolute Gasteiger partial charge is 0.489 e. The first kappa shape index (κ1) is 20.5. The highest BCUT2D eigenvalue weighted by Crippen LogP contribution is 2.21. The number of carbonyl (C=O) groups is 2. The minimum absolute atomic E-state index is 0.0414. The molecule has 0 aromatic heterocycles. The average Bonchev–Trinajstić information content (AvgIpc) is 2.69. The summed E-state index contributed by atoms with van der Waals surface area (Å²) in [6.45, 7) is 4.78. The van der Waals surface area contributed by atoms with Crippen molar-refractivity contribution in [1.82, 2.24) is 4.90 Å². The molecule has 0 bridgehead atoms. The fourth-order valence-electron chi connectivity index (χ4n) is 2.62. The van der Waals surface area contributed by atoms with Crippen molar-refractivity contribution in [2.24, 2.45) is 0 Å². The Balaban J connectivity index is 1.98. The molecule has 0 radical (unpaired) electrons. The van der Waals surface area contributed by atoms with Crippen molar-refractivity contribution in [3.05, 3.63) is 60.2 Å². The number of nitrogens with zero attached hydrogens (tertiary/aromatic N) is 2. The van der Waals surface area contributed by atoms with E-state index in [0.717, 1.165) is 24.2 Å². The van der Waals surface area contributed by atoms with Gasteiger partial charge in [-0.05, 0) is 36.2 Å². The number of ether oxygens (including phenoxy) is 1. The van der Waals surface area contributed by atoms with Crippen LogP contribution >= 0.6 is 0 Å². The summed E-state index contributed by atoms with van der Waals surface area (Å²) in [5.74, 6) is 0.491. The molecular weight excluding hydrogens is 340 g/mol. The van der Waals surface area contributed by atoms with Gasteiger partial charge < -0.3 is 14.5 Å². The molecule has 5 nitrogen and oxygen atoms in total. The van der Waals surface area contributed by atoms with Crippen LogP contribution < -0.4 is 9.64 Å². The van der Waals surface area contributed by atoms with Gasteiger partial charge in [-0.1, -0.05) is 43.7 Å². The molecule has 144 valence electrons. The fraction of sp³-hybridized carbons (Fsp3) is 0.364. The second-order valence-corrected chi connectivity index (χ2v) is 6.54. The zero-order valence-electron chi connectivity index (χ0n) is 16.4. The van der Waals surface area contributed by atoms with E-state index in [4.69, 9.17) is 4.74 Å². The zero-order valence-corrected chi connectivity index (χ0v) is 16.4. The number of unbranched alkanes of at least 4 members (excludes halogenated alkanes) is 1. The van der Waals surface area contributed by atoms with E-state index in [-0.39, 0.29) is 18.4 Å². The van der Waals surface area contributed by atoms with E-state index in [0.29, 0.717) is 18.8 Å². The van der Waals surface area contributed by atoms with E-state index < -0.39 is 0 Å². The van der Waals surface area contributed by atoms with Crippen molar-refractivity contribution in [1.29, 1.82) is 0 Å². The Labute approximate surface area is 161 Å². The van der Waals surface area contributed by atoms with Gasteiger partial charge >= 0.3 is 0 Å². The second kappa shape index (κ2) is 10.4. The van der Waals surface area contributed by atoms with E-state index in [9.17, 15) is 9.59 Å². The van der Waals surface area contributed by atoms with Crippen molar-refractivity contribution >= 4 is 17.5 Å². The monoisotopic (exact) mass is 368 g/mol. The van der Waals surface area contributed by atoms with Gasteiger partial charge in [0.05, 0.1) is 0 Å². The van der Waals surface area contributed by atoms with E-state index in [1.54, 1.807) is 24.1 Å². The summed E-state index contributed by atoms with van der Waals surface area (Å²) >= 11 is 0. The quantitative estimate of drug-likeness (QED) is 0.675. The summed E-state index contributed by atoms with van der Waals surface area (Å²) in [5, 5.41) is 0. The molecular formula is C22H28N2O3. The van der Waals surface area contributed by atoms with E-state index in [1.165, 1.54) is 11.8 Å². The maximum absolute atomic E-state index is 12.4. The molecule has 0 aliphatic carbocycles. The van der Waals surface area contributed by atoms with Gasteiger partial charge in [-0.15, -0.1) is 0 Å². The van der Waals surface area contributed by atoms with Crippen LogP contribution in [0.25, 0.3) is 0 Å². The lowest BCUT2D eigenvalue weighted by atomic mass is 10.2. The van der Waals surface area contributed by atoms with Crippen molar-refractivity contribution < 1.29 is 14.3 Å². The van der Waals surface area contributed by atoms with Gasteiger partial charge in [-0.3, -0.25) is 9.59 Å². The van der Waals surface area contributed by atoms with Gasteiger partial charge in [-0.2, -0.15) is 0 Å². The Morgan fingerprint density at radius 3 is 2.26 bits per heavy atom. The molecule has 0 saturated carbocycles. The number of likely N-dealkylation sites (N-methyl/N-ethyl adjacent to an activating group) is 1. The first-order chi connectivity index (χ1) is 13.0. The molecule has 2 aromatic rings. The minimum atomic E-state index is -0.162. The third-order valence-corrected chi connectivity index (χ3v) is 4.34. The van der Waals surface area contributed by atoms with Crippen LogP contribution in [0.2, 0.25) is 0 Å². The standard InChI is InChI=1S/C22H28N2O3/c1-4-5-15-23(3)22(26)16-24(18(2)25)20-11-13-21(14-12-20)27-17-19-9-7-6-8-10-19/h6-14H,4-5,15-17H2,1-3H3. The highest BCUT2D eigenvalue weighted by Gasteiger charge is 2.18. The lowest BCUT2D eigenvalue weighted by molar-refractivity contribution is -0.130. The predicted molar refractivity (Wildman–Crippen MR) is 108 cm³/mol. The zero-order chi connectivity index (χ0) is 19.6. The van der Waals surface area contributed by atoms with Crippen LogP contribution in [0.4, 0.5) is 5.69 Å². The van der Waals surface area contributed by atoms with Gasteiger partial charge in [0.25, 0.3) is 0 Å². The number of rotatable bonds is 9. The third kappa shape index (κ3) is 6.44. The van der Waals surface area contributed by atoms with Crippen molar-refractivity contribution in [2.75, 3.05) is 25.0 Å². The Morgan fingerprint density at radius 2 is 1.67 bits per heavy atom. The van der Waals surface area contributed by atoms with Gasteiger partial charge in [-0.25, -0.2) is 0 Å². The van der Waals surface area contributed by atoms with Crippen LogP contribution in [0.5, 0.6) is 5.75 Å². The van der Waals surface area contributed by atoms with Crippen LogP contribution in [0.1, 0.15) is 32.3 Å². The molecule has 2 amide bonds. The Bertz CT molecular complexity index is 729.